The summed E-state index contributed by atoms with van der Waals surface area (Å²) in [5.41, 5.74) is -1.09. The smallest absolute Gasteiger partial charge is 0.329 e. The molecule has 1 aliphatic carbocycles. The van der Waals surface area contributed by atoms with Crippen molar-refractivity contribution < 1.29 is 19.4 Å². The van der Waals surface area contributed by atoms with Gasteiger partial charge in [-0.25, -0.2) is 4.79 Å². The second kappa shape index (κ2) is 5.67. The average molecular weight is 299 g/mol. The SMILES string of the molecule is O=C(COc1ccc2ccccc2c1)NC1(C(=O)O)CCC1. The molecule has 1 fully saturated rings. The number of carboxylic acid groups (broad SMARTS) is 1. The van der Waals surface area contributed by atoms with E-state index in [1.165, 1.54) is 0 Å². The summed E-state index contributed by atoms with van der Waals surface area (Å²) in [5, 5.41) is 13.9. The molecule has 0 saturated heterocycles. The van der Waals surface area contributed by atoms with Crippen molar-refractivity contribution in [3.05, 3.63) is 42.5 Å². The molecule has 5 heteroatoms. The van der Waals surface area contributed by atoms with Crippen molar-refractivity contribution in [1.82, 2.24) is 5.32 Å². The van der Waals surface area contributed by atoms with Gasteiger partial charge in [-0.1, -0.05) is 30.3 Å². The van der Waals surface area contributed by atoms with Crippen LogP contribution in [-0.2, 0) is 9.59 Å². The maximum Gasteiger partial charge on any atom is 0.329 e. The van der Waals surface area contributed by atoms with Crippen LogP contribution in [0, 0.1) is 0 Å². The Labute approximate surface area is 127 Å². The molecule has 114 valence electrons. The van der Waals surface area contributed by atoms with Crippen molar-refractivity contribution in [2.45, 2.75) is 24.8 Å². The molecule has 1 amide bonds. The van der Waals surface area contributed by atoms with Gasteiger partial charge in [0, 0.05) is 0 Å². The zero-order valence-electron chi connectivity index (χ0n) is 12.0. The molecule has 2 N–H and O–H groups in total. The van der Waals surface area contributed by atoms with Crippen LogP contribution in [0.25, 0.3) is 10.8 Å². The van der Waals surface area contributed by atoms with Crippen LogP contribution in [0.4, 0.5) is 0 Å². The minimum absolute atomic E-state index is 0.187. The summed E-state index contributed by atoms with van der Waals surface area (Å²) >= 11 is 0. The van der Waals surface area contributed by atoms with Crippen molar-refractivity contribution in [3.8, 4) is 5.75 Å². The Bertz CT molecular complexity index is 721. The first-order chi connectivity index (χ1) is 10.6. The molecule has 0 spiro atoms. The molecule has 0 bridgehead atoms. The van der Waals surface area contributed by atoms with Gasteiger partial charge in [0.2, 0.25) is 0 Å². The van der Waals surface area contributed by atoms with E-state index in [2.05, 4.69) is 5.32 Å². The Morgan fingerprint density at radius 2 is 1.86 bits per heavy atom. The predicted molar refractivity (Wildman–Crippen MR) is 81.8 cm³/mol. The van der Waals surface area contributed by atoms with E-state index >= 15 is 0 Å². The number of rotatable bonds is 5. The molecule has 0 radical (unpaired) electrons. The molecule has 22 heavy (non-hydrogen) atoms. The molecule has 5 nitrogen and oxygen atoms in total. The third-order valence-corrected chi connectivity index (χ3v) is 4.09. The van der Waals surface area contributed by atoms with E-state index in [0.717, 1.165) is 17.2 Å². The number of carboxylic acids is 1. The molecule has 1 saturated carbocycles. The van der Waals surface area contributed by atoms with Crippen LogP contribution in [0.3, 0.4) is 0 Å². The summed E-state index contributed by atoms with van der Waals surface area (Å²) in [6.45, 7) is -0.187. The lowest BCUT2D eigenvalue weighted by molar-refractivity contribution is -0.152. The molecule has 3 rings (SSSR count). The van der Waals surface area contributed by atoms with E-state index in [-0.39, 0.29) is 6.61 Å². The molecule has 0 aliphatic heterocycles. The van der Waals surface area contributed by atoms with Crippen molar-refractivity contribution in [2.24, 2.45) is 0 Å². The molecular formula is C17H17NO4. The Morgan fingerprint density at radius 3 is 2.50 bits per heavy atom. The second-order valence-corrected chi connectivity index (χ2v) is 5.59. The van der Waals surface area contributed by atoms with Crippen molar-refractivity contribution in [1.29, 1.82) is 0 Å². The largest absolute Gasteiger partial charge is 0.484 e. The summed E-state index contributed by atoms with van der Waals surface area (Å²) in [4.78, 5) is 23.1. The normalized spacial score (nSPS) is 15.8. The van der Waals surface area contributed by atoms with Gasteiger partial charge < -0.3 is 15.2 Å². The predicted octanol–water partition coefficient (Wildman–Crippen LogP) is 2.34. The highest BCUT2D eigenvalue weighted by molar-refractivity contribution is 5.88. The minimum Gasteiger partial charge on any atom is -0.484 e. The van der Waals surface area contributed by atoms with Gasteiger partial charge in [-0.15, -0.1) is 0 Å². The van der Waals surface area contributed by atoms with Crippen LogP contribution in [-0.4, -0.2) is 29.1 Å². The van der Waals surface area contributed by atoms with Gasteiger partial charge in [-0.3, -0.25) is 4.79 Å². The highest BCUT2D eigenvalue weighted by Crippen LogP contribution is 2.32. The third-order valence-electron chi connectivity index (χ3n) is 4.09. The van der Waals surface area contributed by atoms with Crippen LogP contribution < -0.4 is 10.1 Å². The molecule has 0 heterocycles. The van der Waals surface area contributed by atoms with Crippen molar-refractivity contribution >= 4 is 22.6 Å². The van der Waals surface area contributed by atoms with Crippen molar-refractivity contribution in [3.63, 3.8) is 0 Å². The van der Waals surface area contributed by atoms with Gasteiger partial charge in [0.15, 0.2) is 6.61 Å². The monoisotopic (exact) mass is 299 g/mol. The Hall–Kier alpha value is -2.56. The summed E-state index contributed by atoms with van der Waals surface area (Å²) in [7, 11) is 0. The van der Waals surface area contributed by atoms with Crippen LogP contribution in [0.2, 0.25) is 0 Å². The highest BCUT2D eigenvalue weighted by atomic mass is 16.5. The first kappa shape index (κ1) is 14.4. The van der Waals surface area contributed by atoms with E-state index in [9.17, 15) is 14.7 Å². The van der Waals surface area contributed by atoms with E-state index in [4.69, 9.17) is 4.74 Å². The van der Waals surface area contributed by atoms with E-state index in [1.54, 1.807) is 6.07 Å². The number of amides is 1. The topological polar surface area (TPSA) is 75.6 Å². The van der Waals surface area contributed by atoms with E-state index in [0.29, 0.717) is 18.6 Å². The Balaban J connectivity index is 1.61. The first-order valence-corrected chi connectivity index (χ1v) is 7.25. The lowest BCUT2D eigenvalue weighted by Crippen LogP contribution is -2.59. The van der Waals surface area contributed by atoms with Crippen LogP contribution in [0.15, 0.2) is 42.5 Å². The number of hydrogen-bond donors (Lipinski definition) is 2. The van der Waals surface area contributed by atoms with E-state index < -0.39 is 17.4 Å². The van der Waals surface area contributed by atoms with Crippen molar-refractivity contribution in [2.75, 3.05) is 6.61 Å². The van der Waals surface area contributed by atoms with Crippen LogP contribution >= 0.6 is 0 Å². The zero-order valence-corrected chi connectivity index (χ0v) is 12.0. The number of fused-ring (bicyclic) bond motifs is 1. The maximum atomic E-state index is 11.9. The van der Waals surface area contributed by atoms with Gasteiger partial charge in [-0.05, 0) is 42.2 Å². The third kappa shape index (κ3) is 2.74. The quantitative estimate of drug-likeness (QED) is 0.888. The molecule has 0 atom stereocenters. The number of carbonyl (C=O) groups is 2. The summed E-state index contributed by atoms with van der Waals surface area (Å²) in [6.07, 6.45) is 1.77. The number of ether oxygens (including phenoxy) is 1. The van der Waals surface area contributed by atoms with Gasteiger partial charge in [-0.2, -0.15) is 0 Å². The molecule has 0 aromatic heterocycles. The summed E-state index contributed by atoms with van der Waals surface area (Å²) in [5.74, 6) is -0.792. The van der Waals surface area contributed by atoms with Gasteiger partial charge in [0.25, 0.3) is 5.91 Å². The standard InChI is InChI=1S/C17H17NO4/c19-15(18-17(16(20)21)8-3-9-17)11-22-14-7-6-12-4-1-2-5-13(12)10-14/h1-2,4-7,10H,3,8-9,11H2,(H,18,19)(H,20,21). The van der Waals surface area contributed by atoms with Crippen LogP contribution in [0.5, 0.6) is 5.75 Å². The number of nitrogens with one attached hydrogen (secondary N) is 1. The second-order valence-electron chi connectivity index (χ2n) is 5.59. The molecule has 2 aromatic rings. The number of hydrogen-bond acceptors (Lipinski definition) is 3. The number of carbonyl (C=O) groups excluding carboxylic acids is 1. The minimum atomic E-state index is -1.09. The van der Waals surface area contributed by atoms with Gasteiger partial charge in [0.05, 0.1) is 0 Å². The van der Waals surface area contributed by atoms with Gasteiger partial charge in [0.1, 0.15) is 11.3 Å². The molecule has 1 aliphatic rings. The molecule has 2 aromatic carbocycles. The zero-order chi connectivity index (χ0) is 15.6. The van der Waals surface area contributed by atoms with Gasteiger partial charge >= 0.3 is 5.97 Å². The highest BCUT2D eigenvalue weighted by Gasteiger charge is 2.45. The average Bonchev–Trinajstić information content (AvgIpc) is 2.48. The maximum absolute atomic E-state index is 11.9. The van der Waals surface area contributed by atoms with E-state index in [1.807, 2.05) is 36.4 Å². The Morgan fingerprint density at radius 1 is 1.14 bits per heavy atom. The summed E-state index contributed by atoms with van der Waals surface area (Å²) < 4.78 is 5.47. The lowest BCUT2D eigenvalue weighted by atomic mass is 9.77. The fourth-order valence-electron chi connectivity index (χ4n) is 2.63. The molecule has 0 unspecified atom stereocenters. The lowest BCUT2D eigenvalue weighted by Gasteiger charge is -2.38. The van der Waals surface area contributed by atoms with Crippen LogP contribution in [0.1, 0.15) is 19.3 Å². The number of benzene rings is 2. The Kier molecular flexibility index (Phi) is 3.71. The number of aliphatic carboxylic acids is 1. The summed E-state index contributed by atoms with van der Waals surface area (Å²) in [6, 6.07) is 13.4. The first-order valence-electron chi connectivity index (χ1n) is 7.25. The molecular weight excluding hydrogens is 282 g/mol. The fraction of sp³-hybridized carbons (Fsp3) is 0.294. The fourth-order valence-corrected chi connectivity index (χ4v) is 2.63.